The number of carbonyl (C=O) groups is 1. The topological polar surface area (TPSA) is 41.1 Å². The monoisotopic (exact) mass is 250 g/mol. The molecule has 0 spiro atoms. The molecule has 3 rings (SSSR count). The summed E-state index contributed by atoms with van der Waals surface area (Å²) in [7, 11) is 0. The highest BCUT2D eigenvalue weighted by Gasteiger charge is 2.41. The summed E-state index contributed by atoms with van der Waals surface area (Å²) in [4.78, 5) is 12.6. The van der Waals surface area contributed by atoms with E-state index in [1.165, 1.54) is 25.7 Å². The Balaban J connectivity index is 1.60. The van der Waals surface area contributed by atoms with Crippen LogP contribution in [0.1, 0.15) is 64.7 Å². The minimum Gasteiger partial charge on any atom is -0.353 e. The SMILES string of the molecule is CCC1(C(=O)NC2CC3CCC(C2)N3)CCCC1. The molecular formula is C15H26N2O. The van der Waals surface area contributed by atoms with Crippen LogP contribution in [-0.2, 0) is 4.79 Å². The average molecular weight is 250 g/mol. The van der Waals surface area contributed by atoms with Gasteiger partial charge >= 0.3 is 0 Å². The predicted octanol–water partition coefficient (Wildman–Crippen LogP) is 2.36. The number of hydrogen-bond donors (Lipinski definition) is 2. The number of amides is 1. The lowest BCUT2D eigenvalue weighted by atomic mass is 9.82. The maximum absolute atomic E-state index is 12.6. The molecule has 102 valence electrons. The third-order valence-electron chi connectivity index (χ3n) is 5.53. The van der Waals surface area contributed by atoms with Crippen molar-refractivity contribution in [2.75, 3.05) is 0 Å². The van der Waals surface area contributed by atoms with Crippen molar-refractivity contribution < 1.29 is 4.79 Å². The van der Waals surface area contributed by atoms with Crippen LogP contribution in [-0.4, -0.2) is 24.0 Å². The number of carbonyl (C=O) groups excluding carboxylic acids is 1. The lowest BCUT2D eigenvalue weighted by Gasteiger charge is -2.33. The summed E-state index contributed by atoms with van der Waals surface area (Å²) < 4.78 is 0. The van der Waals surface area contributed by atoms with Gasteiger partial charge in [-0.2, -0.15) is 0 Å². The number of rotatable bonds is 3. The number of fused-ring (bicyclic) bond motifs is 2. The van der Waals surface area contributed by atoms with Crippen LogP contribution >= 0.6 is 0 Å². The molecule has 0 aromatic carbocycles. The van der Waals surface area contributed by atoms with Crippen LogP contribution in [0.2, 0.25) is 0 Å². The first kappa shape index (κ1) is 12.5. The van der Waals surface area contributed by atoms with Gasteiger partial charge in [0.2, 0.25) is 5.91 Å². The average Bonchev–Trinajstić information content (AvgIpc) is 2.97. The second kappa shape index (κ2) is 4.84. The molecule has 2 N–H and O–H groups in total. The lowest BCUT2D eigenvalue weighted by Crippen LogP contribution is -2.51. The number of piperidine rings is 1. The van der Waals surface area contributed by atoms with Crippen LogP contribution in [0.25, 0.3) is 0 Å². The summed E-state index contributed by atoms with van der Waals surface area (Å²) in [5, 5.41) is 7.01. The molecule has 0 radical (unpaired) electrons. The van der Waals surface area contributed by atoms with Crippen molar-refractivity contribution in [3.63, 3.8) is 0 Å². The summed E-state index contributed by atoms with van der Waals surface area (Å²) >= 11 is 0. The van der Waals surface area contributed by atoms with Gasteiger partial charge in [-0.25, -0.2) is 0 Å². The van der Waals surface area contributed by atoms with Crippen molar-refractivity contribution in [2.45, 2.75) is 82.8 Å². The van der Waals surface area contributed by atoms with Gasteiger partial charge in [0.05, 0.1) is 0 Å². The van der Waals surface area contributed by atoms with E-state index in [2.05, 4.69) is 17.6 Å². The normalized spacial score (nSPS) is 37.7. The molecule has 2 saturated heterocycles. The zero-order valence-corrected chi connectivity index (χ0v) is 11.5. The second-order valence-electron chi connectivity index (χ2n) is 6.62. The molecule has 0 aromatic rings. The van der Waals surface area contributed by atoms with Crippen molar-refractivity contribution in [3.05, 3.63) is 0 Å². The predicted molar refractivity (Wildman–Crippen MR) is 72.3 cm³/mol. The molecule has 3 aliphatic rings. The first-order valence-corrected chi connectivity index (χ1v) is 7.79. The summed E-state index contributed by atoms with van der Waals surface area (Å²) in [5.41, 5.74) is -0.0239. The van der Waals surface area contributed by atoms with E-state index < -0.39 is 0 Å². The Morgan fingerprint density at radius 3 is 2.39 bits per heavy atom. The number of hydrogen-bond acceptors (Lipinski definition) is 2. The molecule has 1 amide bonds. The Hall–Kier alpha value is -0.570. The van der Waals surface area contributed by atoms with E-state index in [0.717, 1.165) is 32.1 Å². The third kappa shape index (κ3) is 2.18. The van der Waals surface area contributed by atoms with Gasteiger partial charge in [0, 0.05) is 23.5 Å². The Kier molecular flexibility index (Phi) is 3.35. The van der Waals surface area contributed by atoms with Crippen molar-refractivity contribution >= 4 is 5.91 Å². The quantitative estimate of drug-likeness (QED) is 0.807. The molecule has 3 fully saturated rings. The van der Waals surface area contributed by atoms with Gasteiger partial charge in [-0.1, -0.05) is 19.8 Å². The van der Waals surface area contributed by atoms with Crippen LogP contribution in [0.3, 0.4) is 0 Å². The van der Waals surface area contributed by atoms with E-state index in [0.29, 0.717) is 24.0 Å². The van der Waals surface area contributed by atoms with Crippen LogP contribution in [0.5, 0.6) is 0 Å². The Morgan fingerprint density at radius 2 is 1.83 bits per heavy atom. The van der Waals surface area contributed by atoms with Crippen LogP contribution < -0.4 is 10.6 Å². The highest BCUT2D eigenvalue weighted by atomic mass is 16.2. The maximum Gasteiger partial charge on any atom is 0.226 e. The minimum absolute atomic E-state index is 0.0239. The molecule has 0 aromatic heterocycles. The van der Waals surface area contributed by atoms with E-state index in [4.69, 9.17) is 0 Å². The molecule has 1 saturated carbocycles. The first-order chi connectivity index (χ1) is 8.72. The second-order valence-corrected chi connectivity index (χ2v) is 6.62. The highest BCUT2D eigenvalue weighted by Crippen LogP contribution is 2.41. The zero-order chi connectivity index (χ0) is 12.6. The van der Waals surface area contributed by atoms with Crippen LogP contribution in [0, 0.1) is 5.41 Å². The van der Waals surface area contributed by atoms with Gasteiger partial charge in [-0.3, -0.25) is 4.79 Å². The lowest BCUT2D eigenvalue weighted by molar-refractivity contribution is -0.132. The van der Waals surface area contributed by atoms with E-state index >= 15 is 0 Å². The van der Waals surface area contributed by atoms with Gasteiger partial charge in [-0.15, -0.1) is 0 Å². The van der Waals surface area contributed by atoms with Gasteiger partial charge in [0.1, 0.15) is 0 Å². The molecule has 1 aliphatic carbocycles. The van der Waals surface area contributed by atoms with E-state index in [1.54, 1.807) is 0 Å². The molecule has 2 atom stereocenters. The molecule has 2 heterocycles. The highest BCUT2D eigenvalue weighted by molar-refractivity contribution is 5.83. The fourth-order valence-corrected chi connectivity index (χ4v) is 4.31. The van der Waals surface area contributed by atoms with E-state index in [9.17, 15) is 4.79 Å². The Labute approximate surface area is 110 Å². The standard InChI is InChI=1S/C15H26N2O/c1-2-15(7-3-4-8-15)14(18)17-13-9-11-5-6-12(10-13)16-11/h11-13,16H,2-10H2,1H3,(H,17,18). The molecule has 3 nitrogen and oxygen atoms in total. The van der Waals surface area contributed by atoms with Crippen molar-refractivity contribution in [3.8, 4) is 0 Å². The van der Waals surface area contributed by atoms with E-state index in [1.807, 2.05) is 0 Å². The summed E-state index contributed by atoms with van der Waals surface area (Å²) in [5.74, 6) is 0.355. The van der Waals surface area contributed by atoms with Gasteiger partial charge < -0.3 is 10.6 Å². The zero-order valence-electron chi connectivity index (χ0n) is 11.5. The van der Waals surface area contributed by atoms with Gasteiger partial charge in [0.15, 0.2) is 0 Å². The third-order valence-corrected chi connectivity index (χ3v) is 5.53. The maximum atomic E-state index is 12.6. The largest absolute Gasteiger partial charge is 0.353 e. The Morgan fingerprint density at radius 1 is 1.22 bits per heavy atom. The summed E-state index contributed by atoms with van der Waals surface area (Å²) in [6, 6.07) is 1.76. The summed E-state index contributed by atoms with van der Waals surface area (Å²) in [6.07, 6.45) is 10.6. The Bertz CT molecular complexity index is 310. The smallest absolute Gasteiger partial charge is 0.226 e. The van der Waals surface area contributed by atoms with Gasteiger partial charge in [0.25, 0.3) is 0 Å². The fraction of sp³-hybridized carbons (Fsp3) is 0.933. The van der Waals surface area contributed by atoms with Crippen LogP contribution in [0.15, 0.2) is 0 Å². The van der Waals surface area contributed by atoms with Crippen molar-refractivity contribution in [1.82, 2.24) is 10.6 Å². The van der Waals surface area contributed by atoms with Gasteiger partial charge in [-0.05, 0) is 44.9 Å². The molecular weight excluding hydrogens is 224 g/mol. The molecule has 3 heteroatoms. The fourth-order valence-electron chi connectivity index (χ4n) is 4.31. The molecule has 2 unspecified atom stereocenters. The summed E-state index contributed by atoms with van der Waals surface area (Å²) in [6.45, 7) is 2.18. The van der Waals surface area contributed by atoms with Crippen molar-refractivity contribution in [2.24, 2.45) is 5.41 Å². The molecule has 18 heavy (non-hydrogen) atoms. The number of nitrogens with one attached hydrogen (secondary N) is 2. The molecule has 2 bridgehead atoms. The molecule has 2 aliphatic heterocycles. The minimum atomic E-state index is -0.0239. The van der Waals surface area contributed by atoms with Crippen molar-refractivity contribution in [1.29, 1.82) is 0 Å². The van der Waals surface area contributed by atoms with Crippen LogP contribution in [0.4, 0.5) is 0 Å². The first-order valence-electron chi connectivity index (χ1n) is 7.79. The van der Waals surface area contributed by atoms with E-state index in [-0.39, 0.29) is 5.41 Å².